The number of hydrogen-bond donors (Lipinski definition) is 3. The van der Waals surface area contributed by atoms with Crippen molar-refractivity contribution < 1.29 is 9.59 Å². The smallest absolute Gasteiger partial charge is 0.319 e. The van der Waals surface area contributed by atoms with Gasteiger partial charge in [0.2, 0.25) is 0 Å². The fourth-order valence-corrected chi connectivity index (χ4v) is 1.88. The average Bonchev–Trinajstić information content (AvgIpc) is 2.47. The van der Waals surface area contributed by atoms with Crippen LogP contribution in [0.4, 0.5) is 10.5 Å². The van der Waals surface area contributed by atoms with Crippen molar-refractivity contribution in [3.8, 4) is 0 Å². The van der Waals surface area contributed by atoms with Gasteiger partial charge in [0.05, 0.1) is 11.3 Å². The molecule has 6 heteroatoms. The zero-order valence-electron chi connectivity index (χ0n) is 11.1. The number of para-hydroxylation sites is 1. The number of carbonyl (C=O) groups excluding carboxylic acids is 2. The van der Waals surface area contributed by atoms with E-state index in [0.29, 0.717) is 17.3 Å². The van der Waals surface area contributed by atoms with E-state index in [-0.39, 0.29) is 5.56 Å². The number of anilines is 1. The quantitative estimate of drug-likeness (QED) is 0.811. The van der Waals surface area contributed by atoms with E-state index >= 15 is 0 Å². The van der Waals surface area contributed by atoms with Crippen LogP contribution >= 0.6 is 11.6 Å². The van der Waals surface area contributed by atoms with Crippen LogP contribution in [0.3, 0.4) is 0 Å². The molecule has 5 nitrogen and oxygen atoms in total. The Labute approximate surface area is 127 Å². The first-order valence-electron chi connectivity index (χ1n) is 6.24. The number of nitrogens with two attached hydrogens (primary N) is 1. The summed E-state index contributed by atoms with van der Waals surface area (Å²) in [7, 11) is 0. The molecule has 0 aromatic heterocycles. The molecule has 3 amide bonds. The molecule has 2 aromatic carbocycles. The maximum absolute atomic E-state index is 11.8. The number of halogens is 1. The Morgan fingerprint density at radius 1 is 1.05 bits per heavy atom. The second-order valence-electron chi connectivity index (χ2n) is 4.34. The monoisotopic (exact) mass is 303 g/mol. The number of amides is 3. The summed E-state index contributed by atoms with van der Waals surface area (Å²) in [4.78, 5) is 23.1. The Balaban J connectivity index is 1.96. The van der Waals surface area contributed by atoms with E-state index in [1.54, 1.807) is 36.4 Å². The molecule has 0 spiro atoms. The van der Waals surface area contributed by atoms with E-state index in [2.05, 4.69) is 10.6 Å². The van der Waals surface area contributed by atoms with Crippen LogP contribution in [0.1, 0.15) is 15.9 Å². The molecule has 2 aromatic rings. The molecule has 0 atom stereocenters. The van der Waals surface area contributed by atoms with Crippen LogP contribution < -0.4 is 16.4 Å². The molecule has 0 radical (unpaired) electrons. The van der Waals surface area contributed by atoms with Gasteiger partial charge in [-0.15, -0.1) is 0 Å². The number of hydrogen-bond acceptors (Lipinski definition) is 2. The number of urea groups is 1. The largest absolute Gasteiger partial charge is 0.366 e. The number of rotatable bonds is 4. The molecule has 0 fully saturated rings. The van der Waals surface area contributed by atoms with Crippen molar-refractivity contribution >= 4 is 29.2 Å². The Hall–Kier alpha value is -2.53. The van der Waals surface area contributed by atoms with Crippen LogP contribution in [-0.2, 0) is 6.54 Å². The molecule has 108 valence electrons. The first kappa shape index (κ1) is 14.9. The highest BCUT2D eigenvalue weighted by atomic mass is 35.5. The minimum atomic E-state index is -0.594. The molecule has 2 rings (SSSR count). The van der Waals surface area contributed by atoms with Gasteiger partial charge >= 0.3 is 6.03 Å². The molecule has 0 aliphatic carbocycles. The van der Waals surface area contributed by atoms with Crippen molar-refractivity contribution in [2.24, 2.45) is 5.73 Å². The van der Waals surface area contributed by atoms with E-state index in [4.69, 9.17) is 17.3 Å². The van der Waals surface area contributed by atoms with Gasteiger partial charge in [-0.2, -0.15) is 0 Å². The van der Waals surface area contributed by atoms with E-state index < -0.39 is 11.9 Å². The SMILES string of the molecule is NC(=O)c1ccccc1NC(=O)NCc1ccc(Cl)cc1. The third-order valence-electron chi connectivity index (χ3n) is 2.81. The van der Waals surface area contributed by atoms with E-state index in [1.165, 1.54) is 0 Å². The van der Waals surface area contributed by atoms with Crippen LogP contribution in [0.2, 0.25) is 5.02 Å². The van der Waals surface area contributed by atoms with E-state index in [0.717, 1.165) is 5.56 Å². The van der Waals surface area contributed by atoms with Gasteiger partial charge in [-0.05, 0) is 29.8 Å². The normalized spacial score (nSPS) is 9.95. The lowest BCUT2D eigenvalue weighted by Gasteiger charge is -2.10. The third-order valence-corrected chi connectivity index (χ3v) is 3.06. The van der Waals surface area contributed by atoms with Gasteiger partial charge in [-0.1, -0.05) is 35.9 Å². The molecule has 0 saturated carbocycles. The van der Waals surface area contributed by atoms with Crippen LogP contribution in [0, 0.1) is 0 Å². The summed E-state index contributed by atoms with van der Waals surface area (Å²) < 4.78 is 0. The van der Waals surface area contributed by atoms with Gasteiger partial charge in [0, 0.05) is 11.6 Å². The Morgan fingerprint density at radius 2 is 1.71 bits per heavy atom. The maximum Gasteiger partial charge on any atom is 0.319 e. The number of carbonyl (C=O) groups is 2. The molecular formula is C15H14ClN3O2. The van der Waals surface area contributed by atoms with E-state index in [1.807, 2.05) is 12.1 Å². The molecule has 4 N–H and O–H groups in total. The first-order valence-corrected chi connectivity index (χ1v) is 6.62. The van der Waals surface area contributed by atoms with Crippen molar-refractivity contribution in [2.45, 2.75) is 6.54 Å². The van der Waals surface area contributed by atoms with Gasteiger partial charge in [-0.3, -0.25) is 4.79 Å². The summed E-state index contributed by atoms with van der Waals surface area (Å²) in [5, 5.41) is 5.92. The fourth-order valence-electron chi connectivity index (χ4n) is 1.76. The minimum Gasteiger partial charge on any atom is -0.366 e. The standard InChI is InChI=1S/C15H14ClN3O2/c16-11-7-5-10(6-8-11)9-18-15(21)19-13-4-2-1-3-12(13)14(17)20/h1-8H,9H2,(H2,17,20)(H2,18,19,21). The highest BCUT2D eigenvalue weighted by molar-refractivity contribution is 6.30. The topological polar surface area (TPSA) is 84.2 Å². The molecule has 0 bridgehead atoms. The average molecular weight is 304 g/mol. The second kappa shape index (κ2) is 6.76. The fraction of sp³-hybridized carbons (Fsp3) is 0.0667. The molecule has 0 heterocycles. The highest BCUT2D eigenvalue weighted by Crippen LogP contribution is 2.14. The lowest BCUT2D eigenvalue weighted by atomic mass is 10.1. The highest BCUT2D eigenvalue weighted by Gasteiger charge is 2.09. The van der Waals surface area contributed by atoms with Gasteiger partial charge < -0.3 is 16.4 Å². The van der Waals surface area contributed by atoms with Gasteiger partial charge in [0.15, 0.2) is 0 Å². The van der Waals surface area contributed by atoms with Crippen LogP contribution in [0.15, 0.2) is 48.5 Å². The number of primary amides is 1. The lowest BCUT2D eigenvalue weighted by molar-refractivity contribution is 0.100. The summed E-state index contributed by atoms with van der Waals surface area (Å²) >= 11 is 5.79. The van der Waals surface area contributed by atoms with Crippen LogP contribution in [0.25, 0.3) is 0 Å². The molecule has 0 saturated heterocycles. The summed E-state index contributed by atoms with van der Waals surface area (Å²) in [5.74, 6) is -0.594. The molecule has 21 heavy (non-hydrogen) atoms. The Kier molecular flexibility index (Phi) is 4.79. The van der Waals surface area contributed by atoms with Crippen LogP contribution in [0.5, 0.6) is 0 Å². The van der Waals surface area contributed by atoms with Crippen molar-refractivity contribution in [1.29, 1.82) is 0 Å². The summed E-state index contributed by atoms with van der Waals surface area (Å²) in [6.45, 7) is 0.349. The summed E-state index contributed by atoms with van der Waals surface area (Å²) in [6.07, 6.45) is 0. The number of nitrogens with one attached hydrogen (secondary N) is 2. The van der Waals surface area contributed by atoms with Gasteiger partial charge in [0.1, 0.15) is 0 Å². The first-order chi connectivity index (χ1) is 10.1. The van der Waals surface area contributed by atoms with Crippen molar-refractivity contribution in [1.82, 2.24) is 5.32 Å². The zero-order chi connectivity index (χ0) is 15.2. The van der Waals surface area contributed by atoms with Crippen molar-refractivity contribution in [3.63, 3.8) is 0 Å². The predicted octanol–water partition coefficient (Wildman–Crippen LogP) is 2.76. The Bertz CT molecular complexity index is 656. The van der Waals surface area contributed by atoms with Gasteiger partial charge in [-0.25, -0.2) is 4.79 Å². The molecule has 0 unspecified atom stereocenters. The van der Waals surface area contributed by atoms with Crippen LogP contribution in [-0.4, -0.2) is 11.9 Å². The predicted molar refractivity (Wildman–Crippen MR) is 82.3 cm³/mol. The van der Waals surface area contributed by atoms with Crippen molar-refractivity contribution in [2.75, 3.05) is 5.32 Å². The summed E-state index contributed by atoms with van der Waals surface area (Å²) in [5.41, 5.74) is 6.80. The minimum absolute atomic E-state index is 0.263. The molecular weight excluding hydrogens is 290 g/mol. The second-order valence-corrected chi connectivity index (χ2v) is 4.78. The van der Waals surface area contributed by atoms with Gasteiger partial charge in [0.25, 0.3) is 5.91 Å². The van der Waals surface area contributed by atoms with E-state index in [9.17, 15) is 9.59 Å². The Morgan fingerprint density at radius 3 is 2.38 bits per heavy atom. The number of benzene rings is 2. The zero-order valence-corrected chi connectivity index (χ0v) is 11.9. The maximum atomic E-state index is 11.8. The third kappa shape index (κ3) is 4.22. The molecule has 0 aliphatic rings. The lowest BCUT2D eigenvalue weighted by Crippen LogP contribution is -2.29. The van der Waals surface area contributed by atoms with Crippen molar-refractivity contribution in [3.05, 3.63) is 64.7 Å². The summed E-state index contributed by atoms with van der Waals surface area (Å²) in [6, 6.07) is 13.3. The molecule has 0 aliphatic heterocycles.